The Morgan fingerprint density at radius 2 is 1.44 bits per heavy atom. The van der Waals surface area contributed by atoms with Crippen LogP contribution in [0.5, 0.6) is 0 Å². The van der Waals surface area contributed by atoms with Gasteiger partial charge in [0.2, 0.25) is 0 Å². The monoisotopic (exact) mass is 263 g/mol. The van der Waals surface area contributed by atoms with Crippen molar-refractivity contribution in [2.45, 2.75) is 12.8 Å². The van der Waals surface area contributed by atoms with E-state index in [1.165, 1.54) is 0 Å². The Bertz CT molecular complexity index is 332. The van der Waals surface area contributed by atoms with Gasteiger partial charge in [-0.1, -0.05) is 0 Å². The maximum Gasteiger partial charge on any atom is 0.355 e. The lowest BCUT2D eigenvalue weighted by Gasteiger charge is -2.22. The van der Waals surface area contributed by atoms with E-state index in [1.54, 1.807) is 0 Å². The van der Waals surface area contributed by atoms with Crippen molar-refractivity contribution >= 4 is 17.9 Å². The van der Waals surface area contributed by atoms with Crippen molar-refractivity contribution < 1.29 is 39.8 Å². The lowest BCUT2D eigenvalue weighted by molar-refractivity contribution is -0.189. The fourth-order valence-electron chi connectivity index (χ4n) is 1.12. The molecule has 0 aromatic carbocycles. The Kier molecular flexibility index (Phi) is 6.89. The number of carboxylic acid groups (broad SMARTS) is 3. The first-order valence-electron chi connectivity index (χ1n) is 4.80. The largest absolute Gasteiger partial charge is 0.481 e. The van der Waals surface area contributed by atoms with Crippen LogP contribution in [-0.4, -0.2) is 56.5 Å². The Labute approximate surface area is 101 Å². The van der Waals surface area contributed by atoms with E-state index in [1.807, 2.05) is 0 Å². The topological polar surface area (TPSA) is 145 Å². The summed E-state index contributed by atoms with van der Waals surface area (Å²) in [5, 5.41) is 34.0. The van der Waals surface area contributed by atoms with Crippen LogP contribution in [0.1, 0.15) is 12.8 Å². The molecule has 0 unspecified atom stereocenters. The molecule has 0 radical (unpaired) electrons. The van der Waals surface area contributed by atoms with E-state index in [0.717, 1.165) is 4.90 Å². The van der Waals surface area contributed by atoms with Gasteiger partial charge in [0.15, 0.2) is 12.0 Å². The molecule has 4 N–H and O–H groups in total. The second kappa shape index (κ2) is 7.90. The highest BCUT2D eigenvalue weighted by Gasteiger charge is 2.19. The minimum Gasteiger partial charge on any atom is -0.481 e. The van der Waals surface area contributed by atoms with Crippen LogP contribution < -0.4 is 0 Å². The highest BCUT2D eigenvalue weighted by atomic mass is 17.1. The van der Waals surface area contributed by atoms with Crippen LogP contribution in [0, 0.1) is 0 Å². The summed E-state index contributed by atoms with van der Waals surface area (Å²) in [4.78, 5) is 36.2. The van der Waals surface area contributed by atoms with E-state index < -0.39 is 23.6 Å². The summed E-state index contributed by atoms with van der Waals surface area (Å²) >= 11 is 0. The van der Waals surface area contributed by atoms with Crippen molar-refractivity contribution in [1.29, 1.82) is 0 Å². The summed E-state index contributed by atoms with van der Waals surface area (Å²) < 4.78 is 0. The molecule has 0 aliphatic heterocycles. The number of hydrogen-bond donors (Lipinski definition) is 4. The third-order valence-electron chi connectivity index (χ3n) is 1.92. The van der Waals surface area contributed by atoms with Gasteiger partial charge in [-0.2, -0.15) is 0 Å². The SMILES string of the molecule is O=C(O)CCN(CCC(=O)O)/C(=C/OO)C(=O)O. The zero-order chi connectivity index (χ0) is 14.1. The average molecular weight is 263 g/mol. The predicted octanol–water partition coefficient (Wildman–Crippen LogP) is -0.347. The molecule has 0 aliphatic rings. The minimum atomic E-state index is -1.47. The molecule has 0 atom stereocenters. The van der Waals surface area contributed by atoms with Gasteiger partial charge >= 0.3 is 17.9 Å². The van der Waals surface area contributed by atoms with Gasteiger partial charge in [0.25, 0.3) is 0 Å². The molecule has 0 bridgehead atoms. The highest BCUT2D eigenvalue weighted by Crippen LogP contribution is 2.07. The number of rotatable bonds is 9. The zero-order valence-corrected chi connectivity index (χ0v) is 9.27. The molecule has 0 aromatic rings. The standard InChI is InChI=1S/C9H13NO8/c11-7(12)1-3-10(4-2-8(13)14)6(5-18-17)9(15)16/h5,17H,1-4H2,(H,11,12)(H,13,14)(H,15,16)/b6-5+. The average Bonchev–Trinajstić information content (AvgIpc) is 2.26. The number of carbonyl (C=O) groups is 3. The quantitative estimate of drug-likeness (QED) is 0.190. The fraction of sp³-hybridized carbons (Fsp3) is 0.444. The molecule has 0 fully saturated rings. The normalized spacial score (nSPS) is 10.8. The van der Waals surface area contributed by atoms with Crippen molar-refractivity contribution in [3.05, 3.63) is 12.0 Å². The summed E-state index contributed by atoms with van der Waals surface area (Å²) in [6.45, 7) is -0.436. The van der Waals surface area contributed by atoms with Gasteiger partial charge in [0.1, 0.15) is 0 Å². The molecule has 9 heteroatoms. The van der Waals surface area contributed by atoms with Gasteiger partial charge < -0.3 is 25.1 Å². The van der Waals surface area contributed by atoms with Gasteiger partial charge in [-0.25, -0.2) is 10.1 Å². The molecule has 0 aliphatic carbocycles. The second-order valence-electron chi connectivity index (χ2n) is 3.19. The maximum atomic E-state index is 10.8. The van der Waals surface area contributed by atoms with Crippen molar-refractivity contribution in [2.24, 2.45) is 0 Å². The zero-order valence-electron chi connectivity index (χ0n) is 9.27. The first kappa shape index (κ1) is 15.7. The number of hydrogen-bond acceptors (Lipinski definition) is 6. The van der Waals surface area contributed by atoms with Gasteiger partial charge in [-0.05, 0) is 0 Å². The Balaban J connectivity index is 4.79. The van der Waals surface area contributed by atoms with E-state index >= 15 is 0 Å². The molecule has 9 nitrogen and oxygen atoms in total. The van der Waals surface area contributed by atoms with Crippen LogP contribution in [0.3, 0.4) is 0 Å². The first-order chi connectivity index (χ1) is 8.38. The molecular formula is C9H13NO8. The third kappa shape index (κ3) is 6.33. The summed E-state index contributed by atoms with van der Waals surface area (Å²) in [7, 11) is 0. The molecule has 18 heavy (non-hydrogen) atoms. The van der Waals surface area contributed by atoms with E-state index in [2.05, 4.69) is 4.89 Å². The molecule has 0 saturated carbocycles. The fourth-order valence-corrected chi connectivity index (χ4v) is 1.12. The summed E-state index contributed by atoms with van der Waals surface area (Å²) in [5.74, 6) is -3.80. The van der Waals surface area contributed by atoms with Gasteiger partial charge in [0.05, 0.1) is 12.8 Å². The highest BCUT2D eigenvalue weighted by molar-refractivity contribution is 5.85. The Morgan fingerprint density at radius 1 is 1.00 bits per heavy atom. The van der Waals surface area contributed by atoms with Crippen molar-refractivity contribution in [2.75, 3.05) is 13.1 Å². The summed E-state index contributed by atoms with van der Waals surface area (Å²) in [6.07, 6.45) is -0.266. The molecule has 0 heterocycles. The maximum absolute atomic E-state index is 10.8. The lowest BCUT2D eigenvalue weighted by Crippen LogP contribution is -2.32. The van der Waals surface area contributed by atoms with E-state index in [4.69, 9.17) is 20.6 Å². The molecule has 0 spiro atoms. The summed E-state index contributed by atoms with van der Waals surface area (Å²) in [5.41, 5.74) is -0.528. The summed E-state index contributed by atoms with van der Waals surface area (Å²) in [6, 6.07) is 0. The molecule has 0 saturated heterocycles. The van der Waals surface area contributed by atoms with Crippen molar-refractivity contribution in [3.63, 3.8) is 0 Å². The molecule has 0 rings (SSSR count). The number of aliphatic carboxylic acids is 3. The van der Waals surface area contributed by atoms with Crippen LogP contribution >= 0.6 is 0 Å². The van der Waals surface area contributed by atoms with Crippen LogP contribution in [0.15, 0.2) is 12.0 Å². The lowest BCUT2D eigenvalue weighted by atomic mass is 10.3. The molecule has 102 valence electrons. The van der Waals surface area contributed by atoms with Gasteiger partial charge in [-0.15, -0.1) is 0 Å². The van der Waals surface area contributed by atoms with Crippen LogP contribution in [0.2, 0.25) is 0 Å². The van der Waals surface area contributed by atoms with Crippen LogP contribution in [-0.2, 0) is 19.3 Å². The van der Waals surface area contributed by atoms with E-state index in [9.17, 15) is 14.4 Å². The van der Waals surface area contributed by atoms with Gasteiger partial charge in [0, 0.05) is 13.1 Å². The number of nitrogens with zero attached hydrogens (tertiary/aromatic N) is 1. The molecule has 0 aromatic heterocycles. The van der Waals surface area contributed by atoms with E-state index in [0.29, 0.717) is 6.26 Å². The molecule has 0 amide bonds. The van der Waals surface area contributed by atoms with Crippen LogP contribution in [0.4, 0.5) is 0 Å². The molecular weight excluding hydrogens is 250 g/mol. The smallest absolute Gasteiger partial charge is 0.355 e. The third-order valence-corrected chi connectivity index (χ3v) is 1.92. The van der Waals surface area contributed by atoms with Gasteiger partial charge in [-0.3, -0.25) is 9.59 Å². The van der Waals surface area contributed by atoms with Crippen LogP contribution in [0.25, 0.3) is 0 Å². The first-order valence-corrected chi connectivity index (χ1v) is 4.80. The van der Waals surface area contributed by atoms with E-state index in [-0.39, 0.29) is 25.9 Å². The Morgan fingerprint density at radius 3 is 1.72 bits per heavy atom. The second-order valence-corrected chi connectivity index (χ2v) is 3.19. The Hall–Kier alpha value is -2.29. The van der Waals surface area contributed by atoms with Crippen molar-refractivity contribution in [1.82, 2.24) is 4.90 Å². The minimum absolute atomic E-state index is 0.218. The predicted molar refractivity (Wildman–Crippen MR) is 55.5 cm³/mol. The van der Waals surface area contributed by atoms with Crippen molar-refractivity contribution in [3.8, 4) is 0 Å². The number of carboxylic acids is 3.